The largest absolute Gasteiger partial charge is 0.355 e. The van der Waals surface area contributed by atoms with Crippen LogP contribution in [-0.2, 0) is 10.7 Å². The minimum Gasteiger partial charge on any atom is -0.355 e. The van der Waals surface area contributed by atoms with Crippen molar-refractivity contribution in [3.8, 4) is 0 Å². The van der Waals surface area contributed by atoms with Gasteiger partial charge in [0.25, 0.3) is 0 Å². The first kappa shape index (κ1) is 12.8. The Morgan fingerprint density at radius 2 is 2.53 bits per heavy atom. The summed E-state index contributed by atoms with van der Waals surface area (Å²) in [4.78, 5) is 18.1. The second kappa shape index (κ2) is 5.80. The van der Waals surface area contributed by atoms with E-state index in [2.05, 4.69) is 22.1 Å². The summed E-state index contributed by atoms with van der Waals surface area (Å²) in [6.45, 7) is 4.24. The minimum absolute atomic E-state index is 0.100. The molecule has 1 aliphatic heterocycles. The van der Waals surface area contributed by atoms with Crippen molar-refractivity contribution in [2.45, 2.75) is 25.3 Å². The fourth-order valence-electron chi connectivity index (χ4n) is 1.89. The molecule has 1 amide bonds. The highest BCUT2D eigenvalue weighted by Crippen LogP contribution is 2.24. The summed E-state index contributed by atoms with van der Waals surface area (Å²) in [6.07, 6.45) is 0.990. The Morgan fingerprint density at radius 1 is 1.71 bits per heavy atom. The number of alkyl halides is 1. The van der Waals surface area contributed by atoms with Gasteiger partial charge in [0.05, 0.1) is 24.2 Å². The quantitative estimate of drug-likeness (QED) is 0.854. The summed E-state index contributed by atoms with van der Waals surface area (Å²) in [5.74, 6) is 0.549. The van der Waals surface area contributed by atoms with E-state index in [1.54, 1.807) is 11.3 Å². The first-order valence-electron chi connectivity index (χ1n) is 5.71. The molecule has 0 saturated carbocycles. The molecule has 0 aliphatic carbocycles. The van der Waals surface area contributed by atoms with E-state index in [0.29, 0.717) is 12.4 Å². The molecule has 1 N–H and O–H groups in total. The van der Waals surface area contributed by atoms with Crippen molar-refractivity contribution in [3.05, 3.63) is 16.1 Å². The standard InChI is InChI=1S/C11H16ClN3OS/c1-8(11-14-9(5-12)7-17-11)15-4-2-3-13-10(16)6-15/h7-8H,2-6H2,1H3,(H,13,16). The summed E-state index contributed by atoms with van der Waals surface area (Å²) in [5.41, 5.74) is 0.915. The molecule has 1 aliphatic rings. The van der Waals surface area contributed by atoms with Crippen LogP contribution in [0.1, 0.15) is 30.1 Å². The lowest BCUT2D eigenvalue weighted by atomic mass is 10.2. The van der Waals surface area contributed by atoms with Gasteiger partial charge in [-0.25, -0.2) is 4.98 Å². The number of nitrogens with zero attached hydrogens (tertiary/aromatic N) is 2. The van der Waals surface area contributed by atoms with Crippen LogP contribution in [0.5, 0.6) is 0 Å². The lowest BCUT2D eigenvalue weighted by Gasteiger charge is -2.24. The van der Waals surface area contributed by atoms with Crippen LogP contribution in [0.3, 0.4) is 0 Å². The molecule has 1 saturated heterocycles. The predicted molar refractivity (Wildman–Crippen MR) is 69.3 cm³/mol. The molecular formula is C11H16ClN3OS. The fourth-order valence-corrected chi connectivity index (χ4v) is 3.03. The SMILES string of the molecule is CC(c1nc(CCl)cs1)N1CCCNC(=O)C1. The maximum Gasteiger partial charge on any atom is 0.234 e. The lowest BCUT2D eigenvalue weighted by molar-refractivity contribution is -0.121. The zero-order valence-corrected chi connectivity index (χ0v) is 11.4. The number of thiazole rings is 1. The molecule has 17 heavy (non-hydrogen) atoms. The topological polar surface area (TPSA) is 45.2 Å². The van der Waals surface area contributed by atoms with Crippen LogP contribution in [0.25, 0.3) is 0 Å². The molecular weight excluding hydrogens is 258 g/mol. The lowest BCUT2D eigenvalue weighted by Crippen LogP contribution is -2.34. The Kier molecular flexibility index (Phi) is 4.36. The molecule has 2 rings (SSSR count). The van der Waals surface area contributed by atoms with Crippen molar-refractivity contribution < 1.29 is 4.79 Å². The number of rotatable bonds is 3. The van der Waals surface area contributed by atoms with E-state index < -0.39 is 0 Å². The highest BCUT2D eigenvalue weighted by molar-refractivity contribution is 7.09. The average molecular weight is 274 g/mol. The molecule has 0 radical (unpaired) electrons. The molecule has 2 heterocycles. The van der Waals surface area contributed by atoms with Crippen LogP contribution in [0.15, 0.2) is 5.38 Å². The Balaban J connectivity index is 2.07. The van der Waals surface area contributed by atoms with Crippen molar-refractivity contribution in [2.75, 3.05) is 19.6 Å². The van der Waals surface area contributed by atoms with Crippen LogP contribution in [0.4, 0.5) is 0 Å². The molecule has 1 aromatic rings. The predicted octanol–water partition coefficient (Wildman–Crippen LogP) is 1.76. The van der Waals surface area contributed by atoms with E-state index in [9.17, 15) is 4.79 Å². The summed E-state index contributed by atoms with van der Waals surface area (Å²) in [5, 5.41) is 5.90. The number of halogens is 1. The van der Waals surface area contributed by atoms with Gasteiger partial charge in [-0.2, -0.15) is 0 Å². The zero-order valence-electron chi connectivity index (χ0n) is 9.78. The van der Waals surface area contributed by atoms with Gasteiger partial charge in [0.15, 0.2) is 0 Å². The number of carbonyl (C=O) groups excluding carboxylic acids is 1. The molecule has 6 heteroatoms. The third kappa shape index (κ3) is 3.18. The van der Waals surface area contributed by atoms with Crippen molar-refractivity contribution in [1.82, 2.24) is 15.2 Å². The Morgan fingerprint density at radius 3 is 3.24 bits per heavy atom. The van der Waals surface area contributed by atoms with Crippen molar-refractivity contribution in [3.63, 3.8) is 0 Å². The van der Waals surface area contributed by atoms with Gasteiger partial charge in [-0.3, -0.25) is 9.69 Å². The van der Waals surface area contributed by atoms with Crippen molar-refractivity contribution in [1.29, 1.82) is 0 Å². The molecule has 1 unspecified atom stereocenters. The Labute approximate surface area is 110 Å². The van der Waals surface area contributed by atoms with E-state index in [1.165, 1.54) is 0 Å². The maximum absolute atomic E-state index is 11.5. The highest BCUT2D eigenvalue weighted by atomic mass is 35.5. The van der Waals surface area contributed by atoms with Gasteiger partial charge in [0.1, 0.15) is 5.01 Å². The van der Waals surface area contributed by atoms with E-state index in [-0.39, 0.29) is 11.9 Å². The van der Waals surface area contributed by atoms with Gasteiger partial charge < -0.3 is 5.32 Å². The second-order valence-corrected chi connectivity index (χ2v) is 5.32. The molecule has 1 fully saturated rings. The van der Waals surface area contributed by atoms with Gasteiger partial charge in [-0.1, -0.05) is 0 Å². The van der Waals surface area contributed by atoms with Crippen LogP contribution in [0.2, 0.25) is 0 Å². The fraction of sp³-hybridized carbons (Fsp3) is 0.636. The number of hydrogen-bond acceptors (Lipinski definition) is 4. The van der Waals surface area contributed by atoms with Gasteiger partial charge in [0.2, 0.25) is 5.91 Å². The number of aromatic nitrogens is 1. The number of nitrogens with one attached hydrogen (secondary N) is 1. The Bertz CT molecular complexity index is 396. The summed E-state index contributed by atoms with van der Waals surface area (Å²) < 4.78 is 0. The smallest absolute Gasteiger partial charge is 0.234 e. The molecule has 1 aromatic heterocycles. The Hall–Kier alpha value is -0.650. The monoisotopic (exact) mass is 273 g/mol. The van der Waals surface area contributed by atoms with Gasteiger partial charge in [0, 0.05) is 18.5 Å². The average Bonchev–Trinajstić information content (AvgIpc) is 2.71. The van der Waals surface area contributed by atoms with Crippen LogP contribution in [0, 0.1) is 0 Å². The van der Waals surface area contributed by atoms with Gasteiger partial charge in [-0.05, 0) is 13.3 Å². The van der Waals surface area contributed by atoms with E-state index in [0.717, 1.165) is 30.2 Å². The molecule has 1 atom stereocenters. The van der Waals surface area contributed by atoms with E-state index in [4.69, 9.17) is 11.6 Å². The van der Waals surface area contributed by atoms with Crippen molar-refractivity contribution in [2.24, 2.45) is 0 Å². The van der Waals surface area contributed by atoms with Crippen LogP contribution in [-0.4, -0.2) is 35.4 Å². The first-order valence-corrected chi connectivity index (χ1v) is 7.13. The minimum atomic E-state index is 0.100. The molecule has 0 bridgehead atoms. The normalized spacial score (nSPS) is 19.8. The molecule has 4 nitrogen and oxygen atoms in total. The zero-order chi connectivity index (χ0) is 12.3. The molecule has 94 valence electrons. The van der Waals surface area contributed by atoms with E-state index in [1.807, 2.05) is 5.38 Å². The summed E-state index contributed by atoms with van der Waals surface area (Å²) in [6, 6.07) is 0.181. The third-order valence-electron chi connectivity index (χ3n) is 2.90. The molecule has 0 aromatic carbocycles. The van der Waals surface area contributed by atoms with Gasteiger partial charge in [-0.15, -0.1) is 22.9 Å². The maximum atomic E-state index is 11.5. The van der Waals surface area contributed by atoms with Crippen LogP contribution >= 0.6 is 22.9 Å². The number of carbonyl (C=O) groups is 1. The van der Waals surface area contributed by atoms with E-state index >= 15 is 0 Å². The molecule has 0 spiro atoms. The van der Waals surface area contributed by atoms with Crippen molar-refractivity contribution >= 4 is 28.8 Å². The first-order chi connectivity index (χ1) is 8.20. The second-order valence-electron chi connectivity index (χ2n) is 4.16. The summed E-state index contributed by atoms with van der Waals surface area (Å²) >= 11 is 7.36. The number of amides is 1. The van der Waals surface area contributed by atoms with Gasteiger partial charge >= 0.3 is 0 Å². The highest BCUT2D eigenvalue weighted by Gasteiger charge is 2.22. The number of hydrogen-bond donors (Lipinski definition) is 1. The van der Waals surface area contributed by atoms with Crippen LogP contribution < -0.4 is 5.32 Å². The third-order valence-corrected chi connectivity index (χ3v) is 4.24. The summed E-state index contributed by atoms with van der Waals surface area (Å²) in [7, 11) is 0.